The highest BCUT2D eigenvalue weighted by Crippen LogP contribution is 2.31. The van der Waals surface area contributed by atoms with E-state index in [0.29, 0.717) is 34.2 Å². The van der Waals surface area contributed by atoms with Crippen LogP contribution in [-0.4, -0.2) is 33.1 Å². The van der Waals surface area contributed by atoms with Gasteiger partial charge in [0, 0.05) is 17.7 Å². The number of amides is 2. The van der Waals surface area contributed by atoms with Crippen LogP contribution in [0.15, 0.2) is 36.4 Å². The van der Waals surface area contributed by atoms with Crippen LogP contribution in [0.1, 0.15) is 24.2 Å². The number of carbonyl (C=O) groups is 2. The van der Waals surface area contributed by atoms with Crippen molar-refractivity contribution < 1.29 is 23.8 Å². The van der Waals surface area contributed by atoms with Gasteiger partial charge in [0.05, 0.1) is 27.0 Å². The van der Waals surface area contributed by atoms with Gasteiger partial charge < -0.3 is 24.8 Å². The second-order valence-electron chi connectivity index (χ2n) is 6.05. The van der Waals surface area contributed by atoms with Gasteiger partial charge in [-0.2, -0.15) is 0 Å². The molecule has 0 atom stereocenters. The minimum atomic E-state index is -0.384. The average molecular weight is 372 g/mol. The zero-order valence-electron chi connectivity index (χ0n) is 16.1. The molecule has 0 spiro atoms. The summed E-state index contributed by atoms with van der Waals surface area (Å²) in [6.07, 6.45) is 0. The van der Waals surface area contributed by atoms with Crippen molar-refractivity contribution in [3.8, 4) is 17.2 Å². The first-order valence-corrected chi connectivity index (χ1v) is 8.42. The average Bonchev–Trinajstić information content (AvgIpc) is 2.67. The molecule has 0 unspecified atom stereocenters. The molecule has 0 bridgehead atoms. The zero-order chi connectivity index (χ0) is 20.0. The topological polar surface area (TPSA) is 85.9 Å². The number of nitrogens with one attached hydrogen (secondary N) is 2. The highest BCUT2D eigenvalue weighted by Gasteiger charge is 2.19. The minimum absolute atomic E-state index is 0.121. The summed E-state index contributed by atoms with van der Waals surface area (Å²) in [4.78, 5) is 24.6. The van der Waals surface area contributed by atoms with Crippen LogP contribution < -0.4 is 24.8 Å². The fourth-order valence-corrected chi connectivity index (χ4v) is 2.42. The van der Waals surface area contributed by atoms with Crippen LogP contribution in [-0.2, 0) is 4.79 Å². The number of methoxy groups -OCH3 is 3. The minimum Gasteiger partial charge on any atom is -0.496 e. The molecule has 0 saturated carbocycles. The Morgan fingerprint density at radius 3 is 1.96 bits per heavy atom. The molecule has 0 aliphatic carbocycles. The third-order valence-electron chi connectivity index (χ3n) is 3.90. The van der Waals surface area contributed by atoms with Crippen molar-refractivity contribution in [1.82, 2.24) is 0 Å². The van der Waals surface area contributed by atoms with E-state index in [1.807, 2.05) is 0 Å². The summed E-state index contributed by atoms with van der Waals surface area (Å²) in [6, 6.07) is 10.1. The lowest BCUT2D eigenvalue weighted by Gasteiger charge is -2.15. The Hall–Kier alpha value is -3.22. The van der Waals surface area contributed by atoms with Crippen LogP contribution in [0, 0.1) is 5.92 Å². The van der Waals surface area contributed by atoms with E-state index in [2.05, 4.69) is 10.6 Å². The third kappa shape index (κ3) is 4.69. The first kappa shape index (κ1) is 20.1. The molecule has 27 heavy (non-hydrogen) atoms. The van der Waals surface area contributed by atoms with Gasteiger partial charge in [-0.05, 0) is 24.3 Å². The monoisotopic (exact) mass is 372 g/mol. The van der Waals surface area contributed by atoms with Crippen molar-refractivity contribution >= 4 is 23.2 Å². The van der Waals surface area contributed by atoms with Crippen LogP contribution in [0.25, 0.3) is 0 Å². The van der Waals surface area contributed by atoms with E-state index >= 15 is 0 Å². The summed E-state index contributed by atoms with van der Waals surface area (Å²) in [6.45, 7) is 3.61. The van der Waals surface area contributed by atoms with Crippen molar-refractivity contribution in [3.05, 3.63) is 42.0 Å². The zero-order valence-corrected chi connectivity index (χ0v) is 16.1. The van der Waals surface area contributed by atoms with Crippen LogP contribution in [0.2, 0.25) is 0 Å². The molecule has 2 aromatic rings. The lowest BCUT2D eigenvalue weighted by atomic mass is 10.1. The van der Waals surface area contributed by atoms with Crippen LogP contribution in [0.4, 0.5) is 11.4 Å². The summed E-state index contributed by atoms with van der Waals surface area (Å²) in [7, 11) is 4.47. The summed E-state index contributed by atoms with van der Waals surface area (Å²) in [5.41, 5.74) is 1.33. The van der Waals surface area contributed by atoms with E-state index in [-0.39, 0.29) is 17.7 Å². The van der Waals surface area contributed by atoms with E-state index in [4.69, 9.17) is 14.2 Å². The van der Waals surface area contributed by atoms with E-state index in [1.165, 1.54) is 21.3 Å². The second-order valence-corrected chi connectivity index (χ2v) is 6.05. The van der Waals surface area contributed by atoms with Gasteiger partial charge in [-0.3, -0.25) is 9.59 Å². The lowest BCUT2D eigenvalue weighted by molar-refractivity contribution is -0.118. The summed E-state index contributed by atoms with van der Waals surface area (Å²) in [5.74, 6) is 0.578. The van der Waals surface area contributed by atoms with Gasteiger partial charge in [-0.15, -0.1) is 0 Å². The van der Waals surface area contributed by atoms with Crippen LogP contribution in [0.3, 0.4) is 0 Å². The van der Waals surface area contributed by atoms with Crippen LogP contribution in [0.5, 0.6) is 17.2 Å². The first-order valence-electron chi connectivity index (χ1n) is 8.42. The van der Waals surface area contributed by atoms with Gasteiger partial charge in [0.25, 0.3) is 5.91 Å². The van der Waals surface area contributed by atoms with Gasteiger partial charge in [-0.25, -0.2) is 0 Å². The molecule has 0 radical (unpaired) electrons. The van der Waals surface area contributed by atoms with Gasteiger partial charge in [0.2, 0.25) is 5.91 Å². The quantitative estimate of drug-likeness (QED) is 0.776. The molecule has 0 saturated heterocycles. The number of hydrogen-bond acceptors (Lipinski definition) is 5. The highest BCUT2D eigenvalue weighted by molar-refractivity contribution is 6.08. The van der Waals surface area contributed by atoms with Crippen molar-refractivity contribution in [2.75, 3.05) is 32.0 Å². The number of rotatable bonds is 7. The normalized spacial score (nSPS) is 10.3. The van der Waals surface area contributed by atoms with Crippen LogP contribution >= 0.6 is 0 Å². The standard InChI is InChI=1S/C20H24N2O5/c1-12(2)19(23)22-14-10-9-13(11-17(14)27-5)21-20(24)18-15(25-3)7-6-8-16(18)26-4/h6-12H,1-5H3,(H,21,24)(H,22,23). The molecule has 0 heterocycles. The maximum absolute atomic E-state index is 12.7. The summed E-state index contributed by atoms with van der Waals surface area (Å²) >= 11 is 0. The Labute approximate surface area is 158 Å². The Morgan fingerprint density at radius 2 is 1.44 bits per heavy atom. The molecule has 0 aliphatic rings. The Morgan fingerprint density at radius 1 is 0.852 bits per heavy atom. The predicted octanol–water partition coefficient (Wildman–Crippen LogP) is 3.56. The molecule has 0 aromatic heterocycles. The number of carbonyl (C=O) groups excluding carboxylic acids is 2. The van der Waals surface area contributed by atoms with E-state index in [1.54, 1.807) is 50.2 Å². The number of anilines is 2. The molecule has 2 aromatic carbocycles. The van der Waals surface area contributed by atoms with E-state index < -0.39 is 0 Å². The maximum Gasteiger partial charge on any atom is 0.263 e. The largest absolute Gasteiger partial charge is 0.496 e. The van der Waals surface area contributed by atoms with Crippen molar-refractivity contribution in [2.45, 2.75) is 13.8 Å². The number of benzene rings is 2. The summed E-state index contributed by atoms with van der Waals surface area (Å²) in [5, 5.41) is 5.59. The van der Waals surface area contributed by atoms with Gasteiger partial charge >= 0.3 is 0 Å². The fraction of sp³-hybridized carbons (Fsp3) is 0.300. The molecular formula is C20H24N2O5. The van der Waals surface area contributed by atoms with Gasteiger partial charge in [0.1, 0.15) is 22.8 Å². The predicted molar refractivity (Wildman–Crippen MR) is 104 cm³/mol. The molecule has 7 nitrogen and oxygen atoms in total. The Kier molecular flexibility index (Phi) is 6.65. The maximum atomic E-state index is 12.7. The molecule has 0 fully saturated rings. The second kappa shape index (κ2) is 8.93. The Bertz CT molecular complexity index is 811. The van der Waals surface area contributed by atoms with E-state index in [9.17, 15) is 9.59 Å². The third-order valence-corrected chi connectivity index (χ3v) is 3.90. The molecule has 2 N–H and O–H groups in total. The van der Waals surface area contributed by atoms with Crippen molar-refractivity contribution in [3.63, 3.8) is 0 Å². The molecular weight excluding hydrogens is 348 g/mol. The molecule has 2 rings (SSSR count). The number of ether oxygens (including phenoxy) is 3. The van der Waals surface area contributed by atoms with Gasteiger partial charge in [0.15, 0.2) is 0 Å². The highest BCUT2D eigenvalue weighted by atomic mass is 16.5. The molecule has 7 heteroatoms. The summed E-state index contributed by atoms with van der Waals surface area (Å²) < 4.78 is 15.9. The molecule has 144 valence electrons. The Balaban J connectivity index is 2.28. The fourth-order valence-electron chi connectivity index (χ4n) is 2.42. The SMILES string of the molecule is COc1cc(NC(=O)c2c(OC)cccc2OC)ccc1NC(=O)C(C)C. The molecule has 0 aliphatic heterocycles. The van der Waals surface area contributed by atoms with E-state index in [0.717, 1.165) is 0 Å². The first-order chi connectivity index (χ1) is 12.9. The molecule has 2 amide bonds. The smallest absolute Gasteiger partial charge is 0.263 e. The van der Waals surface area contributed by atoms with Crippen molar-refractivity contribution in [1.29, 1.82) is 0 Å². The van der Waals surface area contributed by atoms with Crippen molar-refractivity contribution in [2.24, 2.45) is 5.92 Å². The lowest BCUT2D eigenvalue weighted by Crippen LogP contribution is -2.18. The van der Waals surface area contributed by atoms with Gasteiger partial charge in [-0.1, -0.05) is 19.9 Å². The number of hydrogen-bond donors (Lipinski definition) is 2.